The van der Waals surface area contributed by atoms with Crippen LogP contribution >= 0.6 is 0 Å². The van der Waals surface area contributed by atoms with E-state index in [1.807, 2.05) is 37.2 Å². The van der Waals surface area contributed by atoms with Crippen molar-refractivity contribution >= 4 is 21.8 Å². The Kier molecular flexibility index (Phi) is 6.54. The molecule has 1 aliphatic rings. The van der Waals surface area contributed by atoms with Crippen molar-refractivity contribution in [2.45, 2.75) is 19.5 Å². The molecular weight excluding hydrogens is 398 g/mol. The number of likely N-dealkylation sites (N-methyl/N-ethyl adjacent to an activating group) is 1. The van der Waals surface area contributed by atoms with Gasteiger partial charge >= 0.3 is 6.61 Å². The van der Waals surface area contributed by atoms with Crippen LogP contribution in [-0.4, -0.2) is 47.1 Å². The van der Waals surface area contributed by atoms with E-state index >= 15 is 0 Å². The van der Waals surface area contributed by atoms with E-state index in [0.29, 0.717) is 42.1 Å². The summed E-state index contributed by atoms with van der Waals surface area (Å²) in [6, 6.07) is 13.6. The summed E-state index contributed by atoms with van der Waals surface area (Å²) in [6.07, 6.45) is 2.38. The predicted molar refractivity (Wildman–Crippen MR) is 111 cm³/mol. The molecule has 0 saturated heterocycles. The molecule has 0 saturated carbocycles. The highest BCUT2D eigenvalue weighted by molar-refractivity contribution is 7.96. The highest BCUT2D eigenvalue weighted by Gasteiger charge is 2.29. The SMILES string of the molecule is CN(C)CCN(c1ccccc1)S(=O)(=O)C1=Cc2ccc(OC(F)F)cc2CC1. The fourth-order valence-electron chi connectivity index (χ4n) is 3.24. The third kappa shape index (κ3) is 5.13. The average molecular weight is 422 g/mol. The summed E-state index contributed by atoms with van der Waals surface area (Å²) in [4.78, 5) is 2.25. The Labute approximate surface area is 170 Å². The summed E-state index contributed by atoms with van der Waals surface area (Å²) in [5.74, 6) is 0.0790. The van der Waals surface area contributed by atoms with E-state index in [4.69, 9.17) is 0 Å². The van der Waals surface area contributed by atoms with Crippen molar-refractivity contribution < 1.29 is 21.9 Å². The maximum atomic E-state index is 13.4. The molecule has 0 fully saturated rings. The minimum atomic E-state index is -3.73. The van der Waals surface area contributed by atoms with Gasteiger partial charge < -0.3 is 9.64 Å². The van der Waals surface area contributed by atoms with Gasteiger partial charge in [0.1, 0.15) is 5.75 Å². The Morgan fingerprint density at radius 3 is 2.41 bits per heavy atom. The van der Waals surface area contributed by atoms with Gasteiger partial charge in [0.2, 0.25) is 0 Å². The van der Waals surface area contributed by atoms with E-state index in [2.05, 4.69) is 4.74 Å². The Morgan fingerprint density at radius 1 is 1.03 bits per heavy atom. The normalized spacial score (nSPS) is 13.9. The van der Waals surface area contributed by atoms with Gasteiger partial charge in [-0.2, -0.15) is 8.78 Å². The molecule has 0 spiro atoms. The molecule has 8 heteroatoms. The van der Waals surface area contributed by atoms with Gasteiger partial charge in [-0.25, -0.2) is 8.42 Å². The highest BCUT2D eigenvalue weighted by atomic mass is 32.2. The second kappa shape index (κ2) is 8.92. The molecule has 0 N–H and O–H groups in total. The zero-order chi connectivity index (χ0) is 21.0. The first-order valence-corrected chi connectivity index (χ1v) is 10.7. The number of fused-ring (bicyclic) bond motifs is 1. The van der Waals surface area contributed by atoms with Crippen LogP contribution in [0.1, 0.15) is 17.5 Å². The highest BCUT2D eigenvalue weighted by Crippen LogP contribution is 2.33. The number of nitrogens with zero attached hydrogens (tertiary/aromatic N) is 2. The summed E-state index contributed by atoms with van der Waals surface area (Å²) in [7, 11) is 0.0595. The van der Waals surface area contributed by atoms with Crippen LogP contribution in [-0.2, 0) is 16.4 Å². The van der Waals surface area contributed by atoms with Crippen molar-refractivity contribution in [3.8, 4) is 5.75 Å². The molecule has 0 unspecified atom stereocenters. The van der Waals surface area contributed by atoms with Crippen LogP contribution < -0.4 is 9.04 Å². The maximum Gasteiger partial charge on any atom is 0.387 e. The number of hydrogen-bond acceptors (Lipinski definition) is 4. The minimum Gasteiger partial charge on any atom is -0.435 e. The molecule has 0 amide bonds. The molecule has 0 radical (unpaired) electrons. The van der Waals surface area contributed by atoms with Crippen LogP contribution in [0.15, 0.2) is 53.4 Å². The quantitative estimate of drug-likeness (QED) is 0.646. The third-order valence-electron chi connectivity index (χ3n) is 4.71. The van der Waals surface area contributed by atoms with Gasteiger partial charge in [0.15, 0.2) is 0 Å². The van der Waals surface area contributed by atoms with E-state index in [9.17, 15) is 17.2 Å². The third-order valence-corrected chi connectivity index (χ3v) is 6.67. The van der Waals surface area contributed by atoms with Gasteiger partial charge in [-0.05, 0) is 68.4 Å². The molecule has 0 atom stereocenters. The van der Waals surface area contributed by atoms with E-state index < -0.39 is 16.6 Å². The second-order valence-corrected chi connectivity index (χ2v) is 8.98. The number of halogens is 2. The molecule has 156 valence electrons. The summed E-state index contributed by atoms with van der Waals surface area (Å²) in [5, 5.41) is 0. The van der Waals surface area contributed by atoms with Crippen LogP contribution in [0.4, 0.5) is 14.5 Å². The molecule has 0 aliphatic heterocycles. The molecule has 0 heterocycles. The summed E-state index contributed by atoms with van der Waals surface area (Å²) < 4.78 is 57.6. The van der Waals surface area contributed by atoms with Crippen molar-refractivity contribution in [2.24, 2.45) is 0 Å². The molecule has 5 nitrogen and oxygen atoms in total. The number of aryl methyl sites for hydroxylation is 1. The Morgan fingerprint density at radius 2 is 1.76 bits per heavy atom. The molecule has 29 heavy (non-hydrogen) atoms. The Bertz CT molecular complexity index is 977. The lowest BCUT2D eigenvalue weighted by Crippen LogP contribution is -2.37. The molecule has 3 rings (SSSR count). The Hall–Kier alpha value is -2.45. The van der Waals surface area contributed by atoms with Gasteiger partial charge in [-0.15, -0.1) is 0 Å². The molecule has 2 aromatic carbocycles. The summed E-state index contributed by atoms with van der Waals surface area (Å²) in [6.45, 7) is -1.99. The molecule has 0 bridgehead atoms. The van der Waals surface area contributed by atoms with Gasteiger partial charge in [0.25, 0.3) is 10.0 Å². The van der Waals surface area contributed by atoms with Gasteiger partial charge in [-0.1, -0.05) is 24.3 Å². The monoisotopic (exact) mass is 422 g/mol. The fourth-order valence-corrected chi connectivity index (χ4v) is 4.88. The molecule has 2 aromatic rings. The number of hydrogen-bond donors (Lipinski definition) is 0. The molecule has 1 aliphatic carbocycles. The minimum absolute atomic E-state index is 0.0790. The van der Waals surface area contributed by atoms with E-state index in [-0.39, 0.29) is 5.75 Å². The standard InChI is InChI=1S/C21H24F2N2O3S/c1-24(2)12-13-25(18-6-4-3-5-7-18)29(26,27)20-11-9-16-14-19(28-21(22)23)10-8-17(16)15-20/h3-8,10,14-15,21H,9,11-13H2,1-2H3. The van der Waals surface area contributed by atoms with Crippen molar-refractivity contribution in [2.75, 3.05) is 31.5 Å². The van der Waals surface area contributed by atoms with Crippen molar-refractivity contribution in [3.63, 3.8) is 0 Å². The fraction of sp³-hybridized carbons (Fsp3) is 0.333. The summed E-state index contributed by atoms with van der Waals surface area (Å²) >= 11 is 0. The van der Waals surface area contributed by atoms with E-state index in [1.54, 1.807) is 30.3 Å². The van der Waals surface area contributed by atoms with E-state index in [1.165, 1.54) is 10.4 Å². The second-order valence-electron chi connectivity index (χ2n) is 7.07. The zero-order valence-corrected chi connectivity index (χ0v) is 17.2. The number of sulfonamides is 1. The van der Waals surface area contributed by atoms with Crippen LogP contribution in [0.25, 0.3) is 6.08 Å². The largest absolute Gasteiger partial charge is 0.435 e. The van der Waals surface area contributed by atoms with Crippen LogP contribution in [0.3, 0.4) is 0 Å². The number of benzene rings is 2. The van der Waals surface area contributed by atoms with Crippen LogP contribution in [0.2, 0.25) is 0 Å². The Balaban J connectivity index is 1.93. The lowest BCUT2D eigenvalue weighted by Gasteiger charge is -2.28. The zero-order valence-electron chi connectivity index (χ0n) is 16.4. The smallest absolute Gasteiger partial charge is 0.387 e. The topological polar surface area (TPSA) is 49.9 Å². The van der Waals surface area contributed by atoms with Gasteiger partial charge in [0, 0.05) is 13.1 Å². The number of ether oxygens (including phenoxy) is 1. The first-order chi connectivity index (χ1) is 13.8. The number of para-hydroxylation sites is 1. The number of rotatable bonds is 8. The average Bonchev–Trinajstić information content (AvgIpc) is 2.67. The maximum absolute atomic E-state index is 13.4. The molecular formula is C21H24F2N2O3S. The van der Waals surface area contributed by atoms with E-state index in [0.717, 1.165) is 5.56 Å². The van der Waals surface area contributed by atoms with Crippen LogP contribution in [0.5, 0.6) is 5.75 Å². The van der Waals surface area contributed by atoms with Crippen molar-refractivity contribution in [1.82, 2.24) is 4.90 Å². The van der Waals surface area contributed by atoms with Crippen molar-refractivity contribution in [1.29, 1.82) is 0 Å². The van der Waals surface area contributed by atoms with Crippen LogP contribution in [0, 0.1) is 0 Å². The number of alkyl halides is 2. The predicted octanol–water partition coefficient (Wildman–Crippen LogP) is 3.97. The van der Waals surface area contributed by atoms with Gasteiger partial charge in [-0.3, -0.25) is 4.31 Å². The number of anilines is 1. The number of allylic oxidation sites excluding steroid dienone is 1. The first kappa shape index (κ1) is 21.3. The lowest BCUT2D eigenvalue weighted by molar-refractivity contribution is -0.0498. The lowest BCUT2D eigenvalue weighted by atomic mass is 9.97. The first-order valence-electron chi connectivity index (χ1n) is 9.28. The van der Waals surface area contributed by atoms with Gasteiger partial charge in [0.05, 0.1) is 10.6 Å². The molecule has 0 aromatic heterocycles. The summed E-state index contributed by atoms with van der Waals surface area (Å²) in [5.41, 5.74) is 2.11. The van der Waals surface area contributed by atoms with Crippen molar-refractivity contribution in [3.05, 3.63) is 64.6 Å².